The van der Waals surface area contributed by atoms with E-state index < -0.39 is 10.8 Å². The van der Waals surface area contributed by atoms with Crippen LogP contribution in [0.1, 0.15) is 26.2 Å². The minimum Gasteiger partial charge on any atom is -0.356 e. The Bertz CT molecular complexity index is 406. The summed E-state index contributed by atoms with van der Waals surface area (Å²) in [7, 11) is -0.979. The van der Waals surface area contributed by atoms with Crippen LogP contribution in [-0.4, -0.2) is 22.4 Å². The Morgan fingerprint density at radius 1 is 1.28 bits per heavy atom. The molecule has 1 N–H and O–H groups in total. The minimum atomic E-state index is -0.979. The fourth-order valence-corrected chi connectivity index (χ4v) is 2.68. The zero-order valence-corrected chi connectivity index (χ0v) is 12.0. The van der Waals surface area contributed by atoms with E-state index in [-0.39, 0.29) is 5.91 Å². The molecule has 1 aromatic carbocycles. The van der Waals surface area contributed by atoms with Crippen LogP contribution in [-0.2, 0) is 15.6 Å². The van der Waals surface area contributed by atoms with E-state index in [2.05, 4.69) is 5.32 Å². The van der Waals surface area contributed by atoms with Crippen LogP contribution in [0.3, 0.4) is 0 Å². The van der Waals surface area contributed by atoms with Crippen LogP contribution in [0.5, 0.6) is 0 Å². The number of carbonyl (C=O) groups is 1. The van der Waals surface area contributed by atoms with E-state index in [0.717, 1.165) is 17.7 Å². The maximum atomic E-state index is 11.9. The molecular weight excluding hydrogens is 270 g/mol. The highest BCUT2D eigenvalue weighted by atomic mass is 35.5. The van der Waals surface area contributed by atoms with Crippen molar-refractivity contribution >= 4 is 28.3 Å². The predicted octanol–water partition coefficient (Wildman–Crippen LogP) is 2.75. The Morgan fingerprint density at radius 2 is 1.94 bits per heavy atom. The molecule has 1 unspecified atom stereocenters. The molecular formula is C13H18ClNO2S. The minimum absolute atomic E-state index is 0.0637. The smallest absolute Gasteiger partial charge is 0.219 e. The Kier molecular flexibility index (Phi) is 6.98. The van der Waals surface area contributed by atoms with Gasteiger partial charge in [0.05, 0.1) is 10.8 Å². The van der Waals surface area contributed by atoms with Crippen LogP contribution >= 0.6 is 11.6 Å². The molecule has 0 bridgehead atoms. The van der Waals surface area contributed by atoms with Gasteiger partial charge in [-0.1, -0.05) is 18.5 Å². The lowest BCUT2D eigenvalue weighted by molar-refractivity contribution is -0.120. The van der Waals surface area contributed by atoms with Crippen molar-refractivity contribution in [1.29, 1.82) is 0 Å². The van der Waals surface area contributed by atoms with Gasteiger partial charge in [-0.2, -0.15) is 0 Å². The van der Waals surface area contributed by atoms with Crippen molar-refractivity contribution in [3.8, 4) is 0 Å². The molecule has 1 atom stereocenters. The van der Waals surface area contributed by atoms with Crippen LogP contribution in [0.2, 0.25) is 5.02 Å². The summed E-state index contributed by atoms with van der Waals surface area (Å²) in [6.45, 7) is 2.48. The molecule has 1 aromatic rings. The molecule has 0 spiro atoms. The molecule has 0 saturated carbocycles. The van der Waals surface area contributed by atoms with Gasteiger partial charge in [0.15, 0.2) is 0 Å². The van der Waals surface area contributed by atoms with Crippen LogP contribution in [0, 0.1) is 0 Å². The van der Waals surface area contributed by atoms with Crippen molar-refractivity contribution in [3.05, 3.63) is 29.3 Å². The maximum absolute atomic E-state index is 11.9. The lowest BCUT2D eigenvalue weighted by Crippen LogP contribution is -2.23. The highest BCUT2D eigenvalue weighted by molar-refractivity contribution is 7.85. The first-order valence-electron chi connectivity index (χ1n) is 6.04. The fourth-order valence-electron chi connectivity index (χ4n) is 1.42. The monoisotopic (exact) mass is 287 g/mol. The van der Waals surface area contributed by atoms with Gasteiger partial charge in [-0.05, 0) is 37.1 Å². The third-order valence-electron chi connectivity index (χ3n) is 2.48. The molecule has 0 aliphatic carbocycles. The summed E-state index contributed by atoms with van der Waals surface area (Å²) in [4.78, 5) is 11.8. The van der Waals surface area contributed by atoms with E-state index in [1.807, 2.05) is 6.92 Å². The van der Waals surface area contributed by atoms with Crippen LogP contribution in [0.15, 0.2) is 29.2 Å². The number of hydrogen-bond donors (Lipinski definition) is 1. The topological polar surface area (TPSA) is 46.2 Å². The molecule has 0 saturated heterocycles. The van der Waals surface area contributed by atoms with Crippen molar-refractivity contribution in [2.75, 3.05) is 12.3 Å². The van der Waals surface area contributed by atoms with Crippen molar-refractivity contribution < 1.29 is 9.00 Å². The summed E-state index contributed by atoms with van der Waals surface area (Å²) in [6, 6.07) is 7.07. The Morgan fingerprint density at radius 3 is 2.56 bits per heavy atom. The second-order valence-corrected chi connectivity index (χ2v) is 5.92. The van der Waals surface area contributed by atoms with Crippen molar-refractivity contribution in [3.63, 3.8) is 0 Å². The number of nitrogens with one attached hydrogen (secondary N) is 1. The van der Waals surface area contributed by atoms with Gasteiger partial charge in [-0.25, -0.2) is 0 Å². The van der Waals surface area contributed by atoms with Gasteiger partial charge in [0.2, 0.25) is 5.91 Å². The Hall–Kier alpha value is -0.870. The first-order chi connectivity index (χ1) is 8.63. The van der Waals surface area contributed by atoms with E-state index >= 15 is 0 Å². The van der Waals surface area contributed by atoms with Crippen LogP contribution in [0.4, 0.5) is 0 Å². The molecule has 3 nitrogen and oxygen atoms in total. The van der Waals surface area contributed by atoms with Gasteiger partial charge in [-0.3, -0.25) is 9.00 Å². The van der Waals surface area contributed by atoms with Gasteiger partial charge in [0.1, 0.15) is 0 Å². The van der Waals surface area contributed by atoms with E-state index in [0.29, 0.717) is 23.7 Å². The normalized spacial score (nSPS) is 12.1. The number of unbranched alkanes of at least 4 members (excludes halogenated alkanes) is 1. The molecule has 0 aliphatic rings. The molecule has 0 heterocycles. The average Bonchev–Trinajstić information content (AvgIpc) is 2.38. The van der Waals surface area contributed by atoms with Crippen molar-refractivity contribution in [2.24, 2.45) is 0 Å². The quantitative estimate of drug-likeness (QED) is 0.784. The second kappa shape index (κ2) is 8.27. The van der Waals surface area contributed by atoms with E-state index in [4.69, 9.17) is 11.6 Å². The van der Waals surface area contributed by atoms with Crippen molar-refractivity contribution in [1.82, 2.24) is 5.32 Å². The molecule has 1 rings (SSSR count). The average molecular weight is 288 g/mol. The molecule has 18 heavy (non-hydrogen) atoms. The number of hydrogen-bond acceptors (Lipinski definition) is 2. The summed E-state index contributed by atoms with van der Waals surface area (Å²) in [6.07, 6.45) is 2.20. The van der Waals surface area contributed by atoms with Gasteiger partial charge in [0, 0.05) is 28.6 Å². The summed E-state index contributed by atoms with van der Waals surface area (Å²) < 4.78 is 11.9. The van der Waals surface area contributed by atoms with E-state index in [1.165, 1.54) is 0 Å². The summed E-state index contributed by atoms with van der Waals surface area (Å²) in [5.74, 6) is 0.678. The molecule has 1 amide bonds. The fraction of sp³-hybridized carbons (Fsp3) is 0.462. The number of amides is 1. The molecule has 0 aromatic heterocycles. The third kappa shape index (κ3) is 5.65. The van der Waals surface area contributed by atoms with Gasteiger partial charge < -0.3 is 5.32 Å². The van der Waals surface area contributed by atoms with E-state index in [9.17, 15) is 9.00 Å². The summed E-state index contributed by atoms with van der Waals surface area (Å²) in [5.41, 5.74) is 0. The van der Waals surface area contributed by atoms with Crippen LogP contribution in [0.25, 0.3) is 0 Å². The largest absolute Gasteiger partial charge is 0.356 e. The third-order valence-corrected chi connectivity index (χ3v) is 4.19. The summed E-state index contributed by atoms with van der Waals surface area (Å²) >= 11 is 5.77. The van der Waals surface area contributed by atoms with Gasteiger partial charge in [-0.15, -0.1) is 0 Å². The number of benzene rings is 1. The first kappa shape index (κ1) is 15.2. The Balaban J connectivity index is 2.21. The summed E-state index contributed by atoms with van der Waals surface area (Å²) in [5, 5.41) is 3.45. The maximum Gasteiger partial charge on any atom is 0.219 e. The highest BCUT2D eigenvalue weighted by Gasteiger charge is 2.03. The number of carbonyl (C=O) groups excluding carboxylic acids is 1. The first-order valence-corrected chi connectivity index (χ1v) is 7.74. The number of halogens is 1. The highest BCUT2D eigenvalue weighted by Crippen LogP contribution is 2.13. The molecule has 0 fully saturated rings. The standard InChI is InChI=1S/C13H18ClNO2S/c1-2-13(16)15-9-3-4-10-18(17)12-7-5-11(14)6-8-12/h5-8H,2-4,9-10H2,1H3,(H,15,16). The van der Waals surface area contributed by atoms with Gasteiger partial charge in [0.25, 0.3) is 0 Å². The molecule has 0 aliphatic heterocycles. The zero-order chi connectivity index (χ0) is 13.4. The number of rotatable bonds is 7. The van der Waals surface area contributed by atoms with Crippen molar-refractivity contribution in [2.45, 2.75) is 31.1 Å². The van der Waals surface area contributed by atoms with Gasteiger partial charge >= 0.3 is 0 Å². The van der Waals surface area contributed by atoms with Crippen LogP contribution < -0.4 is 5.32 Å². The molecule has 100 valence electrons. The zero-order valence-electron chi connectivity index (χ0n) is 10.4. The van der Waals surface area contributed by atoms with E-state index in [1.54, 1.807) is 24.3 Å². The molecule has 0 radical (unpaired) electrons. The Labute approximate surface area is 115 Å². The lowest BCUT2D eigenvalue weighted by atomic mass is 10.3. The lowest BCUT2D eigenvalue weighted by Gasteiger charge is -2.04. The second-order valence-electron chi connectivity index (χ2n) is 3.91. The SMILES string of the molecule is CCC(=O)NCCCCS(=O)c1ccc(Cl)cc1. The molecule has 5 heteroatoms. The predicted molar refractivity (Wildman–Crippen MR) is 75.3 cm³/mol.